The van der Waals surface area contributed by atoms with Crippen LogP contribution in [0.15, 0.2) is 24.3 Å². The average molecular weight is 321 g/mol. The molecule has 1 aliphatic rings. The summed E-state index contributed by atoms with van der Waals surface area (Å²) >= 11 is 0. The Kier molecular flexibility index (Phi) is 5.81. The van der Waals surface area contributed by atoms with Crippen LogP contribution in [0.2, 0.25) is 0 Å². The number of benzene rings is 1. The van der Waals surface area contributed by atoms with Crippen molar-refractivity contribution in [3.05, 3.63) is 24.3 Å². The highest BCUT2D eigenvalue weighted by Crippen LogP contribution is 2.25. The number of carbonyl (C=O) groups excluding carboxylic acids is 2. The van der Waals surface area contributed by atoms with Gasteiger partial charge in [-0.25, -0.2) is 4.79 Å². The lowest BCUT2D eigenvalue weighted by Gasteiger charge is -2.19. The third-order valence-corrected chi connectivity index (χ3v) is 3.87. The summed E-state index contributed by atoms with van der Waals surface area (Å²) in [5.41, 5.74) is 0.751. The Labute approximate surface area is 135 Å². The van der Waals surface area contributed by atoms with E-state index in [0.717, 1.165) is 5.69 Å². The maximum Gasteiger partial charge on any atom is 0.315 e. The number of carbonyl (C=O) groups is 2. The lowest BCUT2D eigenvalue weighted by atomic mass is 10.2. The average Bonchev–Trinajstić information content (AvgIpc) is 2.92. The molecule has 2 unspecified atom stereocenters. The fraction of sp³-hybridized carbons (Fsp3) is 0.500. The van der Waals surface area contributed by atoms with Crippen LogP contribution in [0.25, 0.3) is 0 Å². The fourth-order valence-corrected chi connectivity index (χ4v) is 2.52. The van der Waals surface area contributed by atoms with Crippen LogP contribution in [-0.4, -0.2) is 49.4 Å². The van der Waals surface area contributed by atoms with Crippen LogP contribution in [0.1, 0.15) is 19.8 Å². The number of anilines is 1. The maximum atomic E-state index is 12.2. The number of hydrogen-bond donors (Lipinski definition) is 3. The van der Waals surface area contributed by atoms with Gasteiger partial charge in [-0.1, -0.05) is 13.0 Å². The van der Waals surface area contributed by atoms with E-state index in [-0.39, 0.29) is 37.0 Å². The van der Waals surface area contributed by atoms with E-state index in [4.69, 9.17) is 9.84 Å². The van der Waals surface area contributed by atoms with Crippen LogP contribution in [0.4, 0.5) is 10.5 Å². The zero-order valence-electron chi connectivity index (χ0n) is 13.4. The van der Waals surface area contributed by atoms with Crippen molar-refractivity contribution in [1.82, 2.24) is 10.6 Å². The van der Waals surface area contributed by atoms with E-state index in [2.05, 4.69) is 10.6 Å². The number of urea groups is 1. The van der Waals surface area contributed by atoms with Gasteiger partial charge in [0.1, 0.15) is 5.75 Å². The molecule has 7 heteroatoms. The molecular formula is C16H23N3O4. The molecule has 1 aromatic rings. The molecule has 1 aliphatic heterocycles. The lowest BCUT2D eigenvalue weighted by molar-refractivity contribution is -0.117. The minimum absolute atomic E-state index is 0.0437. The Morgan fingerprint density at radius 2 is 2.30 bits per heavy atom. The minimum Gasteiger partial charge on any atom is -0.497 e. The molecule has 1 fully saturated rings. The first-order valence-electron chi connectivity index (χ1n) is 7.69. The van der Waals surface area contributed by atoms with Crippen molar-refractivity contribution >= 4 is 17.6 Å². The van der Waals surface area contributed by atoms with E-state index < -0.39 is 0 Å². The SMILES string of the molecule is CCC(CO)NC(=O)NC1CC(=O)N(c2cccc(OC)c2)C1. The van der Waals surface area contributed by atoms with Gasteiger partial charge in [-0.3, -0.25) is 4.79 Å². The van der Waals surface area contributed by atoms with Crippen molar-refractivity contribution in [1.29, 1.82) is 0 Å². The molecular weight excluding hydrogens is 298 g/mol. The summed E-state index contributed by atoms with van der Waals surface area (Å²) in [6.07, 6.45) is 0.893. The molecule has 2 rings (SSSR count). The number of ether oxygens (including phenoxy) is 1. The summed E-state index contributed by atoms with van der Waals surface area (Å²) in [5.74, 6) is 0.635. The zero-order chi connectivity index (χ0) is 16.8. The van der Waals surface area contributed by atoms with E-state index >= 15 is 0 Å². The van der Waals surface area contributed by atoms with Crippen LogP contribution < -0.4 is 20.3 Å². The molecule has 1 saturated heterocycles. The molecule has 0 spiro atoms. The van der Waals surface area contributed by atoms with Crippen LogP contribution in [0, 0.1) is 0 Å². The topological polar surface area (TPSA) is 90.9 Å². The molecule has 23 heavy (non-hydrogen) atoms. The Morgan fingerprint density at radius 1 is 1.52 bits per heavy atom. The van der Waals surface area contributed by atoms with E-state index in [9.17, 15) is 9.59 Å². The summed E-state index contributed by atoms with van der Waals surface area (Å²) in [5, 5.41) is 14.6. The van der Waals surface area contributed by atoms with Crippen molar-refractivity contribution in [3.63, 3.8) is 0 Å². The van der Waals surface area contributed by atoms with Crippen molar-refractivity contribution in [2.24, 2.45) is 0 Å². The van der Waals surface area contributed by atoms with Gasteiger partial charge in [-0.05, 0) is 18.6 Å². The van der Waals surface area contributed by atoms with Gasteiger partial charge in [0.05, 0.1) is 25.8 Å². The van der Waals surface area contributed by atoms with Crippen LogP contribution in [0.3, 0.4) is 0 Å². The minimum atomic E-state index is -0.365. The first-order valence-corrected chi connectivity index (χ1v) is 7.69. The van der Waals surface area contributed by atoms with Gasteiger partial charge < -0.3 is 25.4 Å². The maximum absolute atomic E-state index is 12.2. The van der Waals surface area contributed by atoms with Gasteiger partial charge in [0.25, 0.3) is 0 Å². The summed E-state index contributed by atoms with van der Waals surface area (Å²) in [6, 6.07) is 6.36. The molecule has 1 aromatic carbocycles. The van der Waals surface area contributed by atoms with E-state index in [1.807, 2.05) is 25.1 Å². The highest BCUT2D eigenvalue weighted by Gasteiger charge is 2.31. The zero-order valence-corrected chi connectivity index (χ0v) is 13.4. The number of amides is 3. The largest absolute Gasteiger partial charge is 0.497 e. The van der Waals surface area contributed by atoms with Crippen molar-refractivity contribution in [3.8, 4) is 5.75 Å². The number of nitrogens with zero attached hydrogens (tertiary/aromatic N) is 1. The number of rotatable bonds is 6. The van der Waals surface area contributed by atoms with E-state index in [1.54, 1.807) is 18.1 Å². The van der Waals surface area contributed by atoms with E-state index in [0.29, 0.717) is 18.7 Å². The van der Waals surface area contributed by atoms with Gasteiger partial charge in [0, 0.05) is 24.7 Å². The second kappa shape index (κ2) is 7.82. The molecule has 7 nitrogen and oxygen atoms in total. The van der Waals surface area contributed by atoms with Crippen molar-refractivity contribution in [2.75, 3.05) is 25.2 Å². The predicted molar refractivity (Wildman–Crippen MR) is 86.6 cm³/mol. The second-order valence-corrected chi connectivity index (χ2v) is 5.51. The number of aliphatic hydroxyl groups excluding tert-OH is 1. The molecule has 2 atom stereocenters. The number of methoxy groups -OCH3 is 1. The lowest BCUT2D eigenvalue weighted by Crippen LogP contribution is -2.48. The molecule has 126 valence electrons. The Bertz CT molecular complexity index is 560. The van der Waals surface area contributed by atoms with Gasteiger partial charge in [-0.2, -0.15) is 0 Å². The normalized spacial score (nSPS) is 18.7. The van der Waals surface area contributed by atoms with Crippen molar-refractivity contribution in [2.45, 2.75) is 31.8 Å². The highest BCUT2D eigenvalue weighted by atomic mass is 16.5. The summed E-state index contributed by atoms with van der Waals surface area (Å²) in [6.45, 7) is 2.18. The molecule has 0 saturated carbocycles. The van der Waals surface area contributed by atoms with Gasteiger partial charge in [0.2, 0.25) is 5.91 Å². The highest BCUT2D eigenvalue weighted by molar-refractivity contribution is 5.97. The summed E-state index contributed by atoms with van der Waals surface area (Å²) in [7, 11) is 1.57. The molecule has 0 radical (unpaired) electrons. The van der Waals surface area contributed by atoms with Crippen LogP contribution in [0.5, 0.6) is 5.75 Å². The molecule has 3 N–H and O–H groups in total. The quantitative estimate of drug-likeness (QED) is 0.725. The Hall–Kier alpha value is -2.28. The third-order valence-electron chi connectivity index (χ3n) is 3.87. The van der Waals surface area contributed by atoms with Gasteiger partial charge in [0.15, 0.2) is 0 Å². The smallest absolute Gasteiger partial charge is 0.315 e. The second-order valence-electron chi connectivity index (χ2n) is 5.51. The monoisotopic (exact) mass is 321 g/mol. The Morgan fingerprint density at radius 3 is 2.96 bits per heavy atom. The first kappa shape index (κ1) is 17.1. The van der Waals surface area contributed by atoms with Crippen LogP contribution >= 0.6 is 0 Å². The van der Waals surface area contributed by atoms with Crippen molar-refractivity contribution < 1.29 is 19.4 Å². The first-order chi connectivity index (χ1) is 11.1. The molecule has 0 aliphatic carbocycles. The van der Waals surface area contributed by atoms with E-state index in [1.165, 1.54) is 0 Å². The molecule has 0 aromatic heterocycles. The third kappa shape index (κ3) is 4.35. The van der Waals surface area contributed by atoms with Crippen LogP contribution in [-0.2, 0) is 4.79 Å². The Balaban J connectivity index is 1.95. The molecule has 0 bridgehead atoms. The van der Waals surface area contributed by atoms with Gasteiger partial charge >= 0.3 is 6.03 Å². The van der Waals surface area contributed by atoms with Gasteiger partial charge in [-0.15, -0.1) is 0 Å². The fourth-order valence-electron chi connectivity index (χ4n) is 2.52. The molecule has 1 heterocycles. The summed E-state index contributed by atoms with van der Waals surface area (Å²) < 4.78 is 5.17. The number of nitrogens with one attached hydrogen (secondary N) is 2. The number of aliphatic hydroxyl groups is 1. The standard InChI is InChI=1S/C16H23N3O4/c1-3-11(10-20)17-16(22)18-12-7-15(21)19(9-12)13-5-4-6-14(8-13)23-2/h4-6,8,11-12,20H,3,7,9-10H2,1-2H3,(H2,17,18,22). The predicted octanol–water partition coefficient (Wildman–Crippen LogP) is 0.871. The number of hydrogen-bond acceptors (Lipinski definition) is 4. The molecule has 3 amide bonds. The summed E-state index contributed by atoms with van der Waals surface area (Å²) in [4.78, 5) is 25.7.